The lowest BCUT2D eigenvalue weighted by molar-refractivity contribution is -0.120. The molecule has 2 amide bonds. The average Bonchev–Trinajstić information content (AvgIpc) is 2.66. The Morgan fingerprint density at radius 1 is 1.04 bits per heavy atom. The summed E-state index contributed by atoms with van der Waals surface area (Å²) in [5.41, 5.74) is 1.52. The van der Waals surface area contributed by atoms with Gasteiger partial charge in [0.2, 0.25) is 5.91 Å². The zero-order chi connectivity index (χ0) is 18.9. The minimum atomic E-state index is -0.292. The van der Waals surface area contributed by atoms with E-state index in [0.717, 1.165) is 16.5 Å². The van der Waals surface area contributed by atoms with Gasteiger partial charge in [0.15, 0.2) is 0 Å². The highest BCUT2D eigenvalue weighted by molar-refractivity contribution is 9.10. The van der Waals surface area contributed by atoms with Gasteiger partial charge in [0, 0.05) is 10.0 Å². The quantitative estimate of drug-likeness (QED) is 0.683. The smallest absolute Gasteiger partial charge is 0.251 e. The molecule has 2 N–H and O–H groups in total. The van der Waals surface area contributed by atoms with Crippen LogP contribution in [0.4, 0.5) is 0 Å². The summed E-state index contributed by atoms with van der Waals surface area (Å²) >= 11 is 3.40. The Balaban J connectivity index is 1.86. The van der Waals surface area contributed by atoms with Crippen molar-refractivity contribution < 1.29 is 14.3 Å². The molecule has 0 saturated carbocycles. The number of carbonyl (C=O) groups is 2. The summed E-state index contributed by atoms with van der Waals surface area (Å²) in [5.74, 6) is 0.195. The maximum atomic E-state index is 12.2. The number of ether oxygens (including phenoxy) is 1. The Hall–Kier alpha value is -2.34. The SMILES string of the molecule is CCOc1ccc(C(=O)NCC(=O)NC(CC)c2ccc(Br)cc2)cc1. The monoisotopic (exact) mass is 418 g/mol. The lowest BCUT2D eigenvalue weighted by Gasteiger charge is -2.18. The molecule has 0 aromatic heterocycles. The Labute approximate surface area is 162 Å². The van der Waals surface area contributed by atoms with Gasteiger partial charge < -0.3 is 15.4 Å². The van der Waals surface area contributed by atoms with Crippen molar-refractivity contribution in [2.75, 3.05) is 13.2 Å². The number of hydrogen-bond acceptors (Lipinski definition) is 3. The van der Waals surface area contributed by atoms with Crippen LogP contribution in [0.5, 0.6) is 5.75 Å². The van der Waals surface area contributed by atoms with Crippen molar-refractivity contribution in [1.29, 1.82) is 0 Å². The highest BCUT2D eigenvalue weighted by atomic mass is 79.9. The first-order chi connectivity index (χ1) is 12.5. The van der Waals surface area contributed by atoms with Gasteiger partial charge in [0.1, 0.15) is 5.75 Å². The fraction of sp³-hybridized carbons (Fsp3) is 0.300. The molecule has 0 spiro atoms. The zero-order valence-electron chi connectivity index (χ0n) is 14.9. The highest BCUT2D eigenvalue weighted by Crippen LogP contribution is 2.19. The van der Waals surface area contributed by atoms with E-state index in [0.29, 0.717) is 17.9 Å². The molecule has 0 bridgehead atoms. The van der Waals surface area contributed by atoms with E-state index in [-0.39, 0.29) is 24.4 Å². The van der Waals surface area contributed by atoms with Crippen LogP contribution < -0.4 is 15.4 Å². The molecule has 5 nitrogen and oxygen atoms in total. The van der Waals surface area contributed by atoms with E-state index in [1.54, 1.807) is 24.3 Å². The maximum absolute atomic E-state index is 12.2. The van der Waals surface area contributed by atoms with Crippen molar-refractivity contribution in [3.63, 3.8) is 0 Å². The molecule has 6 heteroatoms. The maximum Gasteiger partial charge on any atom is 0.251 e. The van der Waals surface area contributed by atoms with Gasteiger partial charge in [-0.1, -0.05) is 35.0 Å². The molecule has 138 valence electrons. The zero-order valence-corrected chi connectivity index (χ0v) is 16.5. The third-order valence-corrected chi connectivity index (χ3v) is 4.38. The summed E-state index contributed by atoms with van der Waals surface area (Å²) in [6, 6.07) is 14.6. The van der Waals surface area contributed by atoms with Crippen LogP contribution in [0, 0.1) is 0 Å². The lowest BCUT2D eigenvalue weighted by Crippen LogP contribution is -2.38. The van der Waals surface area contributed by atoms with Crippen LogP contribution in [0.25, 0.3) is 0 Å². The number of hydrogen-bond donors (Lipinski definition) is 2. The van der Waals surface area contributed by atoms with E-state index in [2.05, 4.69) is 26.6 Å². The van der Waals surface area contributed by atoms with Crippen LogP contribution in [0.1, 0.15) is 42.2 Å². The molecule has 26 heavy (non-hydrogen) atoms. The normalized spacial score (nSPS) is 11.5. The molecule has 2 aromatic carbocycles. The van der Waals surface area contributed by atoms with E-state index in [1.807, 2.05) is 38.1 Å². The van der Waals surface area contributed by atoms with Gasteiger partial charge in [-0.15, -0.1) is 0 Å². The summed E-state index contributed by atoms with van der Waals surface area (Å²) in [5, 5.41) is 5.59. The molecule has 0 radical (unpaired) electrons. The van der Waals surface area contributed by atoms with Crippen LogP contribution in [-0.4, -0.2) is 25.0 Å². The largest absolute Gasteiger partial charge is 0.494 e. The molecule has 0 aliphatic carbocycles. The van der Waals surface area contributed by atoms with Crippen molar-refractivity contribution in [1.82, 2.24) is 10.6 Å². The van der Waals surface area contributed by atoms with Gasteiger partial charge in [0.05, 0.1) is 19.2 Å². The van der Waals surface area contributed by atoms with Crippen LogP contribution in [0.2, 0.25) is 0 Å². The summed E-state index contributed by atoms with van der Waals surface area (Å²) in [4.78, 5) is 24.3. The number of carbonyl (C=O) groups excluding carboxylic acids is 2. The predicted molar refractivity (Wildman–Crippen MR) is 105 cm³/mol. The standard InChI is InChI=1S/C20H23BrN2O3/c1-3-18(14-5-9-16(21)10-6-14)23-19(24)13-22-20(25)15-7-11-17(12-8-15)26-4-2/h5-12,18H,3-4,13H2,1-2H3,(H,22,25)(H,23,24). The van der Waals surface area contributed by atoms with Crippen molar-refractivity contribution in [3.8, 4) is 5.75 Å². The molecule has 0 heterocycles. The molecule has 2 rings (SSSR count). The molecular formula is C20H23BrN2O3. The van der Waals surface area contributed by atoms with Crippen molar-refractivity contribution in [2.45, 2.75) is 26.3 Å². The minimum Gasteiger partial charge on any atom is -0.494 e. The third kappa shape index (κ3) is 5.88. The molecule has 0 aliphatic rings. The number of benzene rings is 2. The van der Waals surface area contributed by atoms with Gasteiger partial charge in [-0.2, -0.15) is 0 Å². The second kappa shape index (κ2) is 9.97. The van der Waals surface area contributed by atoms with E-state index < -0.39 is 0 Å². The number of amides is 2. The van der Waals surface area contributed by atoms with Gasteiger partial charge in [-0.25, -0.2) is 0 Å². The molecule has 0 fully saturated rings. The van der Waals surface area contributed by atoms with E-state index in [1.165, 1.54) is 0 Å². The third-order valence-electron chi connectivity index (χ3n) is 3.85. The summed E-state index contributed by atoms with van der Waals surface area (Å²) < 4.78 is 6.34. The fourth-order valence-electron chi connectivity index (χ4n) is 2.49. The highest BCUT2D eigenvalue weighted by Gasteiger charge is 2.14. The van der Waals surface area contributed by atoms with Gasteiger partial charge >= 0.3 is 0 Å². The van der Waals surface area contributed by atoms with Gasteiger partial charge in [0.25, 0.3) is 5.91 Å². The predicted octanol–water partition coefficient (Wildman–Crippen LogP) is 3.85. The van der Waals surface area contributed by atoms with Crippen LogP contribution >= 0.6 is 15.9 Å². The first-order valence-electron chi connectivity index (χ1n) is 8.59. The lowest BCUT2D eigenvalue weighted by atomic mass is 10.0. The Morgan fingerprint density at radius 3 is 2.27 bits per heavy atom. The average molecular weight is 419 g/mol. The first-order valence-corrected chi connectivity index (χ1v) is 9.38. The molecule has 0 saturated heterocycles. The van der Waals surface area contributed by atoms with Gasteiger partial charge in [-0.3, -0.25) is 9.59 Å². The molecule has 1 unspecified atom stereocenters. The van der Waals surface area contributed by atoms with Crippen LogP contribution in [0.3, 0.4) is 0 Å². The second-order valence-electron chi connectivity index (χ2n) is 5.72. The number of rotatable bonds is 8. The minimum absolute atomic E-state index is 0.0704. The van der Waals surface area contributed by atoms with E-state index >= 15 is 0 Å². The van der Waals surface area contributed by atoms with Crippen molar-refractivity contribution >= 4 is 27.7 Å². The van der Waals surface area contributed by atoms with Crippen molar-refractivity contribution in [2.24, 2.45) is 0 Å². The van der Waals surface area contributed by atoms with Crippen LogP contribution in [-0.2, 0) is 4.79 Å². The van der Waals surface area contributed by atoms with Crippen molar-refractivity contribution in [3.05, 3.63) is 64.1 Å². The number of halogens is 1. The summed E-state index contributed by atoms with van der Waals surface area (Å²) in [6.07, 6.45) is 0.764. The van der Waals surface area contributed by atoms with E-state index in [9.17, 15) is 9.59 Å². The Morgan fingerprint density at radius 2 is 1.69 bits per heavy atom. The molecule has 2 aromatic rings. The van der Waals surface area contributed by atoms with Gasteiger partial charge in [-0.05, 0) is 55.3 Å². The molecular weight excluding hydrogens is 396 g/mol. The topological polar surface area (TPSA) is 67.4 Å². The number of nitrogens with one attached hydrogen (secondary N) is 2. The summed E-state index contributed by atoms with van der Waals surface area (Å²) in [7, 11) is 0. The first kappa shape index (κ1) is 20.0. The molecule has 1 atom stereocenters. The Bertz CT molecular complexity index is 730. The van der Waals surface area contributed by atoms with E-state index in [4.69, 9.17) is 4.74 Å². The van der Waals surface area contributed by atoms with Crippen LogP contribution in [0.15, 0.2) is 53.0 Å². The summed E-state index contributed by atoms with van der Waals surface area (Å²) in [6.45, 7) is 4.41. The molecule has 0 aliphatic heterocycles. The Kier molecular flexibility index (Phi) is 7.66. The second-order valence-corrected chi connectivity index (χ2v) is 6.64. The fourth-order valence-corrected chi connectivity index (χ4v) is 2.76.